The summed E-state index contributed by atoms with van der Waals surface area (Å²) in [7, 11) is 0. The molecule has 8 saturated heterocycles. The quantitative estimate of drug-likeness (QED) is 0.173. The number of alkyl carbamates (subject to hydrolysis) is 1. The molecule has 18 unspecified atom stereocenters. The third-order valence-corrected chi connectivity index (χ3v) is 15.1. The van der Waals surface area contributed by atoms with Gasteiger partial charge in [-0.15, -0.1) is 0 Å². The Labute approximate surface area is 347 Å². The molecule has 0 aromatic rings. The van der Waals surface area contributed by atoms with Gasteiger partial charge in [-0.25, -0.2) is 4.79 Å². The molecule has 1 aliphatic carbocycles. The van der Waals surface area contributed by atoms with E-state index in [9.17, 15) is 9.59 Å². The summed E-state index contributed by atoms with van der Waals surface area (Å²) in [5.41, 5.74) is 1.86. The lowest BCUT2D eigenvalue weighted by molar-refractivity contribution is -0.268. The van der Waals surface area contributed by atoms with Gasteiger partial charge in [0.15, 0.2) is 5.79 Å². The van der Waals surface area contributed by atoms with Crippen LogP contribution in [0.5, 0.6) is 0 Å². The van der Waals surface area contributed by atoms with Crippen molar-refractivity contribution in [3.05, 3.63) is 24.3 Å². The highest BCUT2D eigenvalue weighted by molar-refractivity contribution is 5.81. The highest BCUT2D eigenvalue weighted by atomic mass is 16.8. The SMILES string of the molecule is C=C1C(C)CC(CCC2OC(CCC34CC5OC6C(O3)C3CC(CC(=O)C(C)C7COC(CC(C)CNC(=O)OC(C)(C)C)C7)CCC3OC6C5O4)CC2=C)OC1C. The number of ether oxygens (including phenoxy) is 8. The smallest absolute Gasteiger partial charge is 0.407 e. The minimum atomic E-state index is -0.700. The first-order valence-corrected chi connectivity index (χ1v) is 23.0. The van der Waals surface area contributed by atoms with Crippen LogP contribution < -0.4 is 5.32 Å². The second-order valence-corrected chi connectivity index (χ2v) is 20.9. The summed E-state index contributed by atoms with van der Waals surface area (Å²) < 4.78 is 52.0. The van der Waals surface area contributed by atoms with Gasteiger partial charge in [-0.05, 0) is 127 Å². The third-order valence-electron chi connectivity index (χ3n) is 15.1. The van der Waals surface area contributed by atoms with Crippen LogP contribution in [0.15, 0.2) is 24.3 Å². The van der Waals surface area contributed by atoms with Gasteiger partial charge in [0.2, 0.25) is 0 Å². The molecule has 1 N–H and O–H groups in total. The number of rotatable bonds is 14. The highest BCUT2D eigenvalue weighted by Gasteiger charge is 2.68. The predicted octanol–water partition coefficient (Wildman–Crippen LogP) is 8.02. The molecular weight excluding hydrogens is 739 g/mol. The molecular formula is C47H73NO10. The maximum absolute atomic E-state index is 13.8. The number of hydrogen-bond donors (Lipinski definition) is 1. The van der Waals surface area contributed by atoms with Crippen molar-refractivity contribution in [3.8, 4) is 0 Å². The number of Topliss-reactive ketones (excluding diaryl/α,β-unsaturated/α-hetero) is 1. The van der Waals surface area contributed by atoms with E-state index in [1.807, 2.05) is 20.8 Å². The molecule has 58 heavy (non-hydrogen) atoms. The Balaban J connectivity index is 0.809. The number of fused-ring (bicyclic) bond motifs is 1. The van der Waals surface area contributed by atoms with E-state index in [-0.39, 0.29) is 90.8 Å². The Morgan fingerprint density at radius 2 is 1.64 bits per heavy atom. The van der Waals surface area contributed by atoms with Crippen molar-refractivity contribution in [2.45, 2.75) is 210 Å². The topological polar surface area (TPSA) is 120 Å². The zero-order valence-electron chi connectivity index (χ0n) is 36.4. The second kappa shape index (κ2) is 17.1. The van der Waals surface area contributed by atoms with Crippen LogP contribution in [-0.4, -0.2) is 104 Å². The van der Waals surface area contributed by atoms with Gasteiger partial charge < -0.3 is 43.2 Å². The standard InChI is InChI=1S/C47H73NO10/c1-25(23-48-45(50)58-46(7,8)9)16-35-21-32(24-51-35)29(5)37(49)20-31-10-12-39-36(19-31)41-43-44(54-39)42-40(55-43)22-47(56-41,57-42)15-14-34-18-27(3)38(53-34)13-11-33-17-26(2)28(4)30(6)52-33/h25-26,29-36,38-44H,3-4,10-24H2,1-2,5-9H3,(H,48,50). The Kier molecular flexibility index (Phi) is 12.6. The number of ketones is 1. The fourth-order valence-corrected chi connectivity index (χ4v) is 11.8. The Morgan fingerprint density at radius 3 is 2.41 bits per heavy atom. The first-order chi connectivity index (χ1) is 27.5. The van der Waals surface area contributed by atoms with Crippen LogP contribution in [-0.2, 0) is 42.7 Å². The number of carbonyl (C=O) groups excluding carboxylic acids is 2. The molecule has 8 aliphatic heterocycles. The molecule has 1 amide bonds. The van der Waals surface area contributed by atoms with Crippen molar-refractivity contribution in [1.29, 1.82) is 0 Å². The lowest BCUT2D eigenvalue weighted by atomic mass is 9.70. The van der Waals surface area contributed by atoms with Gasteiger partial charge in [0.05, 0.1) is 55.4 Å². The van der Waals surface area contributed by atoms with Gasteiger partial charge in [0.25, 0.3) is 0 Å². The highest BCUT2D eigenvalue weighted by Crippen LogP contribution is 2.56. The molecule has 18 atom stereocenters. The fourth-order valence-electron chi connectivity index (χ4n) is 11.8. The second-order valence-electron chi connectivity index (χ2n) is 20.9. The minimum absolute atomic E-state index is 0.0105. The van der Waals surface area contributed by atoms with Crippen molar-refractivity contribution in [2.75, 3.05) is 13.2 Å². The van der Waals surface area contributed by atoms with Crippen molar-refractivity contribution < 1.29 is 47.5 Å². The summed E-state index contributed by atoms with van der Waals surface area (Å²) in [6.07, 6.45) is 11.1. The molecule has 6 bridgehead atoms. The van der Waals surface area contributed by atoms with Crippen LogP contribution in [0, 0.1) is 35.5 Å². The van der Waals surface area contributed by atoms with Crippen molar-refractivity contribution in [2.24, 2.45) is 35.5 Å². The molecule has 1 saturated carbocycles. The van der Waals surface area contributed by atoms with Crippen LogP contribution >= 0.6 is 0 Å². The summed E-state index contributed by atoms with van der Waals surface area (Å²) in [6, 6.07) is 0. The first kappa shape index (κ1) is 42.8. The molecule has 0 aromatic heterocycles. The van der Waals surface area contributed by atoms with Crippen LogP contribution in [0.4, 0.5) is 4.79 Å². The Morgan fingerprint density at radius 1 is 0.879 bits per heavy atom. The molecule has 8 heterocycles. The van der Waals surface area contributed by atoms with Crippen molar-refractivity contribution in [3.63, 3.8) is 0 Å². The molecule has 9 aliphatic rings. The Bertz CT molecular complexity index is 1510. The molecule has 0 spiro atoms. The summed E-state index contributed by atoms with van der Waals surface area (Å²) in [5, 5.41) is 2.88. The van der Waals surface area contributed by atoms with E-state index in [2.05, 4.69) is 46.2 Å². The zero-order valence-corrected chi connectivity index (χ0v) is 36.4. The normalized spacial score (nSPS) is 44.2. The average Bonchev–Trinajstić information content (AvgIpc) is 3.89. The van der Waals surface area contributed by atoms with E-state index in [0.29, 0.717) is 37.2 Å². The van der Waals surface area contributed by atoms with Gasteiger partial charge in [-0.2, -0.15) is 0 Å². The van der Waals surface area contributed by atoms with E-state index >= 15 is 0 Å². The number of amides is 1. The largest absolute Gasteiger partial charge is 0.444 e. The molecule has 11 nitrogen and oxygen atoms in total. The molecule has 0 radical (unpaired) electrons. The van der Waals surface area contributed by atoms with Crippen molar-refractivity contribution in [1.82, 2.24) is 5.32 Å². The van der Waals surface area contributed by atoms with Gasteiger partial charge in [0.1, 0.15) is 29.7 Å². The van der Waals surface area contributed by atoms with Crippen LogP contribution in [0.1, 0.15) is 132 Å². The molecule has 0 aromatic carbocycles. The maximum atomic E-state index is 13.8. The maximum Gasteiger partial charge on any atom is 0.407 e. The number of hydrogen-bond acceptors (Lipinski definition) is 10. The number of carbonyl (C=O) groups is 2. The van der Waals surface area contributed by atoms with Crippen LogP contribution in [0.3, 0.4) is 0 Å². The predicted molar refractivity (Wildman–Crippen MR) is 218 cm³/mol. The van der Waals surface area contributed by atoms with E-state index < -0.39 is 17.5 Å². The molecule has 11 heteroatoms. The van der Waals surface area contributed by atoms with E-state index in [0.717, 1.165) is 77.0 Å². The van der Waals surface area contributed by atoms with Gasteiger partial charge in [0, 0.05) is 37.6 Å². The third kappa shape index (κ3) is 9.31. The monoisotopic (exact) mass is 812 g/mol. The minimum Gasteiger partial charge on any atom is -0.444 e. The summed E-state index contributed by atoms with van der Waals surface area (Å²) in [5.74, 6) is 0.998. The summed E-state index contributed by atoms with van der Waals surface area (Å²) in [4.78, 5) is 26.0. The van der Waals surface area contributed by atoms with Crippen LogP contribution in [0.2, 0.25) is 0 Å². The summed E-state index contributed by atoms with van der Waals surface area (Å²) in [6.45, 7) is 24.0. The van der Waals surface area contributed by atoms with Crippen LogP contribution in [0.25, 0.3) is 0 Å². The summed E-state index contributed by atoms with van der Waals surface area (Å²) >= 11 is 0. The van der Waals surface area contributed by atoms with E-state index in [1.165, 1.54) is 11.1 Å². The van der Waals surface area contributed by atoms with Crippen molar-refractivity contribution >= 4 is 11.9 Å². The fraction of sp³-hybridized carbons (Fsp3) is 0.872. The van der Waals surface area contributed by atoms with Gasteiger partial charge in [-0.1, -0.05) is 33.9 Å². The van der Waals surface area contributed by atoms with E-state index in [4.69, 9.17) is 37.9 Å². The Hall–Kier alpha value is -1.86. The van der Waals surface area contributed by atoms with E-state index in [1.54, 1.807) is 0 Å². The van der Waals surface area contributed by atoms with Gasteiger partial charge >= 0.3 is 6.09 Å². The number of nitrogens with one attached hydrogen (secondary N) is 1. The molecule has 326 valence electrons. The lowest BCUT2D eigenvalue weighted by Gasteiger charge is -2.47. The lowest BCUT2D eigenvalue weighted by Crippen LogP contribution is -2.57. The first-order valence-electron chi connectivity index (χ1n) is 23.0. The average molecular weight is 812 g/mol. The van der Waals surface area contributed by atoms with Gasteiger partial charge in [-0.3, -0.25) is 4.79 Å². The molecule has 9 rings (SSSR count). The zero-order chi connectivity index (χ0) is 41.1. The molecule has 9 fully saturated rings.